The van der Waals surface area contributed by atoms with Crippen LogP contribution in [0.5, 0.6) is 0 Å². The quantitative estimate of drug-likeness (QED) is 0.560. The molecule has 0 N–H and O–H groups in total. The zero-order chi connectivity index (χ0) is 21.6. The maximum absolute atomic E-state index is 13.2. The third kappa shape index (κ3) is 3.75. The molecule has 0 aliphatic heterocycles. The van der Waals surface area contributed by atoms with Gasteiger partial charge in [-0.15, -0.1) is 0 Å². The predicted molar refractivity (Wildman–Crippen MR) is 113 cm³/mol. The lowest BCUT2D eigenvalue weighted by Crippen LogP contribution is -2.27. The van der Waals surface area contributed by atoms with Crippen molar-refractivity contribution in [2.75, 3.05) is 11.4 Å². The molecule has 0 saturated carbocycles. The van der Waals surface area contributed by atoms with Gasteiger partial charge >= 0.3 is 0 Å². The van der Waals surface area contributed by atoms with Gasteiger partial charge in [0.15, 0.2) is 0 Å². The van der Waals surface area contributed by atoms with Gasteiger partial charge in [-0.1, -0.05) is 41.4 Å². The largest absolute Gasteiger partial charge is 0.283 e. The van der Waals surface area contributed by atoms with Gasteiger partial charge in [0.05, 0.1) is 32.0 Å². The first-order valence-electron chi connectivity index (χ1n) is 8.28. The van der Waals surface area contributed by atoms with Crippen LogP contribution in [-0.2, 0) is 20.0 Å². The number of benzene rings is 2. The summed E-state index contributed by atoms with van der Waals surface area (Å²) in [6, 6.07) is 12.3. The molecule has 0 atom stereocenters. The summed E-state index contributed by atoms with van der Waals surface area (Å²) < 4.78 is 54.2. The Labute approximate surface area is 179 Å². The molecule has 154 valence electrons. The Morgan fingerprint density at radius 2 is 1.55 bits per heavy atom. The molecule has 1 aromatic heterocycles. The molecule has 0 aliphatic rings. The Balaban J connectivity index is 2.15. The molecule has 0 radical (unpaired) electrons. The summed E-state index contributed by atoms with van der Waals surface area (Å²) in [7, 11) is -6.84. The van der Waals surface area contributed by atoms with Crippen LogP contribution < -0.4 is 4.31 Å². The van der Waals surface area contributed by atoms with Gasteiger partial charge in [0, 0.05) is 7.05 Å². The molecule has 3 aromatic rings. The van der Waals surface area contributed by atoms with Gasteiger partial charge in [-0.05, 0) is 44.2 Å². The molecule has 3 rings (SSSR count). The van der Waals surface area contributed by atoms with Crippen molar-refractivity contribution < 1.29 is 16.8 Å². The minimum atomic E-state index is -4.18. The Hall–Kier alpha value is -2.07. The first kappa shape index (κ1) is 21.6. The van der Waals surface area contributed by atoms with Crippen LogP contribution in [0.15, 0.2) is 58.3 Å². The second-order valence-corrected chi connectivity index (χ2v) is 10.7. The van der Waals surface area contributed by atoms with Crippen LogP contribution in [0, 0.1) is 13.8 Å². The number of aryl methyl sites for hydroxylation is 1. The molecule has 29 heavy (non-hydrogen) atoms. The van der Waals surface area contributed by atoms with Crippen molar-refractivity contribution in [2.24, 2.45) is 0 Å². The summed E-state index contributed by atoms with van der Waals surface area (Å²) in [6.07, 6.45) is 0. The van der Waals surface area contributed by atoms with Gasteiger partial charge in [-0.25, -0.2) is 8.42 Å². The topological polar surface area (TPSA) is 89.3 Å². The molecule has 11 heteroatoms. The fraction of sp³-hybridized carbons (Fsp3) is 0.167. The average molecular weight is 474 g/mol. The lowest BCUT2D eigenvalue weighted by atomic mass is 10.3. The first-order chi connectivity index (χ1) is 13.5. The van der Waals surface area contributed by atoms with Gasteiger partial charge in [0.1, 0.15) is 4.90 Å². The van der Waals surface area contributed by atoms with E-state index in [-0.39, 0.29) is 31.2 Å². The van der Waals surface area contributed by atoms with Gasteiger partial charge in [-0.2, -0.15) is 17.6 Å². The Bertz CT molecular complexity index is 1290. The highest BCUT2D eigenvalue weighted by Crippen LogP contribution is 2.30. The van der Waals surface area contributed by atoms with Crippen LogP contribution in [-0.4, -0.2) is 33.1 Å². The number of sulfonamides is 1. The van der Waals surface area contributed by atoms with E-state index >= 15 is 0 Å². The van der Waals surface area contributed by atoms with E-state index in [1.54, 1.807) is 30.3 Å². The molecular weight excluding hydrogens is 457 g/mol. The molecule has 0 bridgehead atoms. The monoisotopic (exact) mass is 473 g/mol. The van der Waals surface area contributed by atoms with Crippen molar-refractivity contribution in [3.8, 4) is 0 Å². The molecule has 0 fully saturated rings. The first-order valence-corrected chi connectivity index (χ1v) is 11.9. The Morgan fingerprint density at radius 3 is 2.14 bits per heavy atom. The smallest absolute Gasteiger partial charge is 0.269 e. The van der Waals surface area contributed by atoms with E-state index in [0.29, 0.717) is 9.77 Å². The summed E-state index contributed by atoms with van der Waals surface area (Å²) in [6.45, 7) is 2.83. The maximum atomic E-state index is 13.2. The lowest BCUT2D eigenvalue weighted by Gasteiger charge is -2.19. The number of anilines is 1. The maximum Gasteiger partial charge on any atom is 0.283 e. The molecular formula is C18H17Cl2N3O4S2. The molecule has 0 amide bonds. The normalized spacial score (nSPS) is 12.2. The summed E-state index contributed by atoms with van der Waals surface area (Å²) in [5, 5.41) is 4.26. The van der Waals surface area contributed by atoms with E-state index in [2.05, 4.69) is 5.10 Å². The molecule has 0 spiro atoms. The summed E-state index contributed by atoms with van der Waals surface area (Å²) in [4.78, 5) is -0.328. The van der Waals surface area contributed by atoms with E-state index in [1.165, 1.54) is 39.1 Å². The van der Waals surface area contributed by atoms with Crippen molar-refractivity contribution in [3.63, 3.8) is 0 Å². The third-order valence-corrected chi connectivity index (χ3v) is 8.78. The van der Waals surface area contributed by atoms with Crippen LogP contribution in [0.25, 0.3) is 0 Å². The fourth-order valence-electron chi connectivity index (χ4n) is 2.86. The number of aromatic nitrogens is 2. The van der Waals surface area contributed by atoms with E-state index < -0.39 is 20.0 Å². The number of rotatable bonds is 5. The summed E-state index contributed by atoms with van der Waals surface area (Å²) in [5.74, 6) is 0. The van der Waals surface area contributed by atoms with Crippen LogP contribution in [0.2, 0.25) is 10.0 Å². The molecule has 1 heterocycles. The van der Waals surface area contributed by atoms with Gasteiger partial charge in [0.2, 0.25) is 0 Å². The second kappa shape index (κ2) is 7.64. The number of para-hydroxylation sites is 1. The SMILES string of the molecule is Cc1nn(S(=O)(=O)c2ccc(Cl)c(Cl)c2)c(C)c1S(=O)(=O)N(C)c1ccccc1. The highest BCUT2D eigenvalue weighted by Gasteiger charge is 2.33. The molecule has 2 aromatic carbocycles. The van der Waals surface area contributed by atoms with Gasteiger partial charge < -0.3 is 0 Å². The molecule has 0 unspecified atom stereocenters. The van der Waals surface area contributed by atoms with E-state index in [1.807, 2.05) is 0 Å². The summed E-state index contributed by atoms with van der Waals surface area (Å²) >= 11 is 11.8. The predicted octanol–water partition coefficient (Wildman–Crippen LogP) is 3.87. The number of hydrogen-bond acceptors (Lipinski definition) is 5. The van der Waals surface area contributed by atoms with Crippen molar-refractivity contribution in [3.05, 3.63) is 70.0 Å². The van der Waals surface area contributed by atoms with Gasteiger partial charge in [0.25, 0.3) is 20.0 Å². The standard InChI is InChI=1S/C18H17Cl2N3O4S2/c1-12-18(29(26,27)22(3)14-7-5-4-6-8-14)13(2)23(21-12)28(24,25)15-9-10-16(19)17(20)11-15/h4-11H,1-3H3. The van der Waals surface area contributed by atoms with Crippen LogP contribution in [0.4, 0.5) is 5.69 Å². The third-order valence-electron chi connectivity index (χ3n) is 4.34. The number of nitrogens with zero attached hydrogens (tertiary/aromatic N) is 3. The van der Waals surface area contributed by atoms with E-state index in [9.17, 15) is 16.8 Å². The lowest BCUT2D eigenvalue weighted by molar-refractivity contribution is 0.577. The van der Waals surface area contributed by atoms with Gasteiger partial charge in [-0.3, -0.25) is 4.31 Å². The zero-order valence-electron chi connectivity index (χ0n) is 15.7. The van der Waals surface area contributed by atoms with Crippen LogP contribution in [0.3, 0.4) is 0 Å². The van der Waals surface area contributed by atoms with E-state index in [0.717, 1.165) is 4.31 Å². The minimum absolute atomic E-state index is 0.0312. The van der Waals surface area contributed by atoms with Crippen LogP contribution in [0.1, 0.15) is 11.4 Å². The van der Waals surface area contributed by atoms with E-state index in [4.69, 9.17) is 23.2 Å². The number of halogens is 2. The van der Waals surface area contributed by atoms with Crippen LogP contribution >= 0.6 is 23.2 Å². The Kier molecular flexibility index (Phi) is 5.70. The summed E-state index contributed by atoms with van der Waals surface area (Å²) in [5.41, 5.74) is 0.469. The average Bonchev–Trinajstić information content (AvgIpc) is 2.99. The minimum Gasteiger partial charge on any atom is -0.269 e. The Morgan fingerprint density at radius 1 is 0.931 bits per heavy atom. The fourth-order valence-corrected chi connectivity index (χ4v) is 6.22. The second-order valence-electron chi connectivity index (χ2n) is 6.23. The van der Waals surface area contributed by atoms with Crippen molar-refractivity contribution in [1.29, 1.82) is 0 Å². The molecule has 0 saturated heterocycles. The molecule has 0 aliphatic carbocycles. The number of hydrogen-bond donors (Lipinski definition) is 0. The highest BCUT2D eigenvalue weighted by atomic mass is 35.5. The highest BCUT2D eigenvalue weighted by molar-refractivity contribution is 7.93. The van der Waals surface area contributed by atoms with Crippen molar-refractivity contribution in [1.82, 2.24) is 9.19 Å². The molecule has 7 nitrogen and oxygen atoms in total. The van der Waals surface area contributed by atoms with Crippen molar-refractivity contribution in [2.45, 2.75) is 23.6 Å². The zero-order valence-corrected chi connectivity index (χ0v) is 18.8. The van der Waals surface area contributed by atoms with Crippen molar-refractivity contribution >= 4 is 48.9 Å².